The molecular formula is C26H30NO+. The van der Waals surface area contributed by atoms with Crippen LogP contribution in [0.15, 0.2) is 47.0 Å². The van der Waals surface area contributed by atoms with Gasteiger partial charge >= 0.3 is 0 Å². The summed E-state index contributed by atoms with van der Waals surface area (Å²) in [7, 11) is 2.13. The van der Waals surface area contributed by atoms with Gasteiger partial charge in [0.1, 0.15) is 18.2 Å². The van der Waals surface area contributed by atoms with Gasteiger partial charge in [0, 0.05) is 22.4 Å². The molecule has 4 aromatic rings. The van der Waals surface area contributed by atoms with Crippen LogP contribution in [-0.2, 0) is 13.5 Å². The molecule has 0 fully saturated rings. The van der Waals surface area contributed by atoms with E-state index in [-0.39, 0.29) is 5.41 Å². The molecule has 2 aromatic heterocycles. The summed E-state index contributed by atoms with van der Waals surface area (Å²) in [6.07, 6.45) is 3.31. The minimum atomic E-state index is 0.250. The Morgan fingerprint density at radius 1 is 0.893 bits per heavy atom. The van der Waals surface area contributed by atoms with Gasteiger partial charge < -0.3 is 4.42 Å². The third-order valence-electron chi connectivity index (χ3n) is 5.56. The first kappa shape index (κ1) is 18.7. The van der Waals surface area contributed by atoms with Crippen molar-refractivity contribution in [3.8, 4) is 11.3 Å². The maximum absolute atomic E-state index is 6.39. The average molecular weight is 373 g/mol. The monoisotopic (exact) mass is 372 g/mol. The first-order valence-corrected chi connectivity index (χ1v) is 10.1. The lowest BCUT2D eigenvalue weighted by Gasteiger charge is -2.19. The Morgan fingerprint density at radius 3 is 2.36 bits per heavy atom. The van der Waals surface area contributed by atoms with Crippen molar-refractivity contribution < 1.29 is 8.98 Å². The molecule has 0 N–H and O–H groups in total. The highest BCUT2D eigenvalue weighted by Gasteiger charge is 2.23. The molecule has 0 spiro atoms. The van der Waals surface area contributed by atoms with Crippen LogP contribution in [-0.4, -0.2) is 0 Å². The second kappa shape index (κ2) is 6.48. The molecule has 0 saturated carbocycles. The van der Waals surface area contributed by atoms with Crippen LogP contribution in [0.2, 0.25) is 0 Å². The summed E-state index contributed by atoms with van der Waals surface area (Å²) < 4.78 is 8.62. The maximum atomic E-state index is 6.39. The summed E-state index contributed by atoms with van der Waals surface area (Å²) in [5, 5.41) is 2.39. The number of hydrogen-bond acceptors (Lipinski definition) is 1. The van der Waals surface area contributed by atoms with E-state index in [0.29, 0.717) is 0 Å². The molecule has 2 aromatic carbocycles. The highest BCUT2D eigenvalue weighted by molar-refractivity contribution is 6.09. The molecule has 0 atom stereocenters. The Labute approximate surface area is 167 Å². The number of rotatable bonds is 2. The number of benzene rings is 2. The summed E-state index contributed by atoms with van der Waals surface area (Å²) >= 11 is 0. The first-order valence-electron chi connectivity index (χ1n) is 10.1. The molecule has 28 heavy (non-hydrogen) atoms. The number of furan rings is 1. The van der Waals surface area contributed by atoms with E-state index in [9.17, 15) is 0 Å². The largest absolute Gasteiger partial charge is 0.455 e. The van der Waals surface area contributed by atoms with Crippen LogP contribution < -0.4 is 4.57 Å². The Bertz CT molecular complexity index is 1210. The molecule has 4 rings (SSSR count). The average Bonchev–Trinajstić information content (AvgIpc) is 2.94. The quantitative estimate of drug-likeness (QED) is 0.363. The molecule has 2 heterocycles. The standard InChI is InChI=1S/C26H30NO/c1-16-8-11-23-21(12-16)20-10-9-17(2)24(25(20)28-23)22-13-19(14-26(4,5)6)18(3)15-27(22)7/h8-13,15H,14H2,1-7H3/q+1. The van der Waals surface area contributed by atoms with Crippen LogP contribution in [0.4, 0.5) is 0 Å². The van der Waals surface area contributed by atoms with Crippen molar-refractivity contribution in [2.45, 2.75) is 48.0 Å². The van der Waals surface area contributed by atoms with Crippen LogP contribution in [0.3, 0.4) is 0 Å². The molecule has 144 valence electrons. The van der Waals surface area contributed by atoms with E-state index >= 15 is 0 Å². The number of hydrogen-bond donors (Lipinski definition) is 0. The first-order chi connectivity index (χ1) is 13.1. The minimum absolute atomic E-state index is 0.250. The number of fused-ring (bicyclic) bond motifs is 3. The zero-order valence-corrected chi connectivity index (χ0v) is 18.1. The highest BCUT2D eigenvalue weighted by atomic mass is 16.3. The second-order valence-electron chi connectivity index (χ2n) is 9.45. The van der Waals surface area contributed by atoms with Gasteiger partial charge in [-0.1, -0.05) is 44.5 Å². The summed E-state index contributed by atoms with van der Waals surface area (Å²) in [5.74, 6) is 0. The Balaban J connectivity index is 2.02. The van der Waals surface area contributed by atoms with E-state index in [0.717, 1.165) is 17.6 Å². The van der Waals surface area contributed by atoms with Crippen LogP contribution in [0.5, 0.6) is 0 Å². The van der Waals surface area contributed by atoms with Crippen LogP contribution in [0.1, 0.15) is 43.0 Å². The van der Waals surface area contributed by atoms with E-state index < -0.39 is 0 Å². The predicted molar refractivity (Wildman–Crippen MR) is 118 cm³/mol. The Morgan fingerprint density at radius 2 is 1.64 bits per heavy atom. The van der Waals surface area contributed by atoms with E-state index in [1.54, 1.807) is 0 Å². The lowest BCUT2D eigenvalue weighted by Crippen LogP contribution is -2.32. The van der Waals surface area contributed by atoms with Gasteiger partial charge in [0.15, 0.2) is 6.20 Å². The van der Waals surface area contributed by atoms with Crippen molar-refractivity contribution in [2.75, 3.05) is 0 Å². The van der Waals surface area contributed by atoms with E-state index in [1.165, 1.54) is 44.3 Å². The maximum Gasteiger partial charge on any atom is 0.216 e. The predicted octanol–water partition coefficient (Wildman–Crippen LogP) is 6.59. The normalized spacial score (nSPS) is 12.2. The number of aryl methyl sites for hydroxylation is 4. The highest BCUT2D eigenvalue weighted by Crippen LogP contribution is 2.37. The van der Waals surface area contributed by atoms with Crippen LogP contribution in [0, 0.1) is 26.2 Å². The van der Waals surface area contributed by atoms with E-state index in [2.05, 4.69) is 95.8 Å². The van der Waals surface area contributed by atoms with Gasteiger partial charge in [0.25, 0.3) is 0 Å². The van der Waals surface area contributed by atoms with Gasteiger partial charge in [0.05, 0.1) is 5.56 Å². The molecule has 0 aliphatic heterocycles. The minimum Gasteiger partial charge on any atom is -0.455 e. The lowest BCUT2D eigenvalue weighted by molar-refractivity contribution is -0.660. The van der Waals surface area contributed by atoms with Crippen molar-refractivity contribution in [1.29, 1.82) is 0 Å². The number of aromatic nitrogens is 1. The second-order valence-corrected chi connectivity index (χ2v) is 9.45. The van der Waals surface area contributed by atoms with E-state index in [1.807, 2.05) is 0 Å². The molecule has 2 nitrogen and oxygen atoms in total. The topological polar surface area (TPSA) is 17.0 Å². The van der Waals surface area contributed by atoms with Crippen molar-refractivity contribution in [1.82, 2.24) is 0 Å². The Kier molecular flexibility index (Phi) is 4.33. The third kappa shape index (κ3) is 3.22. The smallest absolute Gasteiger partial charge is 0.216 e. The van der Waals surface area contributed by atoms with Crippen molar-refractivity contribution in [2.24, 2.45) is 12.5 Å². The fourth-order valence-electron chi connectivity index (χ4n) is 4.20. The Hall–Kier alpha value is -2.61. The van der Waals surface area contributed by atoms with Crippen molar-refractivity contribution in [3.05, 3.63) is 64.8 Å². The molecular weight excluding hydrogens is 342 g/mol. The van der Waals surface area contributed by atoms with Crippen molar-refractivity contribution in [3.63, 3.8) is 0 Å². The SMILES string of the molecule is Cc1ccc2oc3c(-c4cc(CC(C)(C)C)c(C)c[n+]4C)c(C)ccc3c2c1. The van der Waals surface area contributed by atoms with Gasteiger partial charge in [-0.25, -0.2) is 4.57 Å². The van der Waals surface area contributed by atoms with Gasteiger partial charge in [0.2, 0.25) is 5.69 Å². The van der Waals surface area contributed by atoms with Gasteiger partial charge in [-0.2, -0.15) is 0 Å². The molecule has 0 unspecified atom stereocenters. The zero-order valence-electron chi connectivity index (χ0n) is 18.1. The summed E-state index contributed by atoms with van der Waals surface area (Å²) in [6, 6.07) is 13.2. The van der Waals surface area contributed by atoms with Crippen LogP contribution in [0.25, 0.3) is 33.2 Å². The fraction of sp³-hybridized carbons (Fsp3) is 0.346. The lowest BCUT2D eigenvalue weighted by atomic mass is 9.86. The van der Waals surface area contributed by atoms with Crippen LogP contribution >= 0.6 is 0 Å². The fourth-order valence-corrected chi connectivity index (χ4v) is 4.20. The molecule has 0 bridgehead atoms. The number of nitrogens with zero attached hydrogens (tertiary/aromatic N) is 1. The van der Waals surface area contributed by atoms with E-state index in [4.69, 9.17) is 4.42 Å². The van der Waals surface area contributed by atoms with Gasteiger partial charge in [-0.3, -0.25) is 0 Å². The molecule has 0 radical (unpaired) electrons. The van der Waals surface area contributed by atoms with Gasteiger partial charge in [-0.05, 0) is 55.9 Å². The molecule has 0 aliphatic rings. The van der Waals surface area contributed by atoms with Gasteiger partial charge in [-0.15, -0.1) is 0 Å². The summed E-state index contributed by atoms with van der Waals surface area (Å²) in [5.41, 5.74) is 9.84. The third-order valence-corrected chi connectivity index (χ3v) is 5.56. The molecule has 0 aliphatic carbocycles. The zero-order chi connectivity index (χ0) is 20.2. The summed E-state index contributed by atoms with van der Waals surface area (Å²) in [4.78, 5) is 0. The molecule has 0 saturated heterocycles. The van der Waals surface area contributed by atoms with Crippen molar-refractivity contribution >= 4 is 21.9 Å². The molecule has 2 heteroatoms. The molecule has 0 amide bonds. The number of pyridine rings is 1. The summed E-state index contributed by atoms with van der Waals surface area (Å²) in [6.45, 7) is 13.4.